The van der Waals surface area contributed by atoms with Crippen LogP contribution in [0, 0.1) is 26.7 Å². The molecule has 0 radical (unpaired) electrons. The van der Waals surface area contributed by atoms with Gasteiger partial charge in [-0.1, -0.05) is 17.7 Å². The number of hydrogen-bond donors (Lipinski definition) is 2. The summed E-state index contributed by atoms with van der Waals surface area (Å²) in [5.74, 6) is -1.61. The molecule has 2 N–H and O–H groups in total. The Kier molecular flexibility index (Phi) is 5.14. The number of nitrogens with one attached hydrogen (secondary N) is 2. The van der Waals surface area contributed by atoms with E-state index in [4.69, 9.17) is 4.74 Å². The van der Waals surface area contributed by atoms with Crippen LogP contribution < -0.4 is 10.6 Å². The van der Waals surface area contributed by atoms with Gasteiger partial charge in [0.05, 0.1) is 0 Å². The number of rotatable bonds is 6. The second kappa shape index (κ2) is 7.26. The first-order valence-electron chi connectivity index (χ1n) is 9.29. The second-order valence-corrected chi connectivity index (χ2v) is 7.78. The van der Waals surface area contributed by atoms with E-state index in [-0.39, 0.29) is 5.92 Å². The van der Waals surface area contributed by atoms with E-state index in [0.29, 0.717) is 5.69 Å². The standard InChI is InChI=1S/C20H25N3O5/c1-11-7-12(2)17(13(3)8-11)21-15(24)10-28-16(25)9-23-18(26)20(4,14-5-6-14)22-19(23)27/h7-8,14H,5-6,9-10H2,1-4H3,(H,21,24)(H,22,27)/t20-/m1/s1. The van der Waals surface area contributed by atoms with Crippen molar-refractivity contribution in [2.24, 2.45) is 5.92 Å². The molecular weight excluding hydrogens is 362 g/mol. The SMILES string of the molecule is Cc1cc(C)c(NC(=O)COC(=O)CN2C(=O)N[C@](C)(C3CC3)C2=O)c(C)c1. The molecule has 1 heterocycles. The zero-order chi connectivity index (χ0) is 20.6. The molecular formula is C20H25N3O5. The van der Waals surface area contributed by atoms with Gasteiger partial charge in [-0.05, 0) is 57.6 Å². The number of carbonyl (C=O) groups excluding carboxylic acids is 4. The molecule has 0 aromatic heterocycles. The number of ether oxygens (including phenoxy) is 1. The van der Waals surface area contributed by atoms with Crippen molar-refractivity contribution >= 4 is 29.5 Å². The van der Waals surface area contributed by atoms with Crippen LogP contribution in [0.2, 0.25) is 0 Å². The van der Waals surface area contributed by atoms with Gasteiger partial charge in [0, 0.05) is 5.69 Å². The van der Waals surface area contributed by atoms with Crippen molar-refractivity contribution in [2.75, 3.05) is 18.5 Å². The van der Waals surface area contributed by atoms with Crippen molar-refractivity contribution in [3.8, 4) is 0 Å². The lowest BCUT2D eigenvalue weighted by Gasteiger charge is -2.20. The molecule has 4 amide bonds. The number of benzene rings is 1. The monoisotopic (exact) mass is 387 g/mol. The highest BCUT2D eigenvalue weighted by atomic mass is 16.5. The highest BCUT2D eigenvalue weighted by Crippen LogP contribution is 2.42. The zero-order valence-corrected chi connectivity index (χ0v) is 16.5. The maximum absolute atomic E-state index is 12.5. The summed E-state index contributed by atoms with van der Waals surface area (Å²) in [5.41, 5.74) is 2.65. The smallest absolute Gasteiger partial charge is 0.326 e. The highest BCUT2D eigenvalue weighted by molar-refractivity contribution is 6.09. The molecule has 1 aromatic rings. The summed E-state index contributed by atoms with van der Waals surface area (Å²) < 4.78 is 4.96. The number of urea groups is 1. The third-order valence-electron chi connectivity index (χ3n) is 5.29. The number of nitrogens with zero attached hydrogens (tertiary/aromatic N) is 1. The summed E-state index contributed by atoms with van der Waals surface area (Å²) >= 11 is 0. The molecule has 0 bridgehead atoms. The highest BCUT2D eigenvalue weighted by Gasteiger charge is 2.56. The quantitative estimate of drug-likeness (QED) is 0.572. The molecule has 2 fully saturated rings. The van der Waals surface area contributed by atoms with Crippen molar-refractivity contribution in [1.29, 1.82) is 0 Å². The molecule has 1 saturated heterocycles. The van der Waals surface area contributed by atoms with E-state index < -0.39 is 42.5 Å². The minimum absolute atomic E-state index is 0.108. The van der Waals surface area contributed by atoms with Crippen LogP contribution >= 0.6 is 0 Å². The Hall–Kier alpha value is -2.90. The number of amides is 4. The normalized spacial score (nSPS) is 21.5. The van der Waals surface area contributed by atoms with E-state index in [1.165, 1.54) is 0 Å². The van der Waals surface area contributed by atoms with E-state index in [1.54, 1.807) is 6.92 Å². The van der Waals surface area contributed by atoms with Gasteiger partial charge < -0.3 is 15.4 Å². The van der Waals surface area contributed by atoms with Gasteiger partial charge in [0.15, 0.2) is 6.61 Å². The number of aryl methyl sites for hydroxylation is 3. The molecule has 8 nitrogen and oxygen atoms in total. The van der Waals surface area contributed by atoms with Gasteiger partial charge >= 0.3 is 12.0 Å². The van der Waals surface area contributed by atoms with Gasteiger partial charge in [0.1, 0.15) is 12.1 Å². The maximum atomic E-state index is 12.5. The van der Waals surface area contributed by atoms with Gasteiger partial charge in [0.2, 0.25) is 0 Å². The van der Waals surface area contributed by atoms with E-state index in [0.717, 1.165) is 34.4 Å². The summed E-state index contributed by atoms with van der Waals surface area (Å²) in [6.45, 7) is 6.41. The van der Waals surface area contributed by atoms with Crippen molar-refractivity contribution in [2.45, 2.75) is 46.1 Å². The van der Waals surface area contributed by atoms with Gasteiger partial charge in [-0.25, -0.2) is 4.79 Å². The summed E-state index contributed by atoms with van der Waals surface area (Å²) in [4.78, 5) is 49.6. The van der Waals surface area contributed by atoms with Gasteiger partial charge in [-0.2, -0.15) is 0 Å². The average molecular weight is 387 g/mol. The van der Waals surface area contributed by atoms with Crippen LogP contribution in [0.5, 0.6) is 0 Å². The number of carbonyl (C=O) groups is 4. The number of anilines is 1. The van der Waals surface area contributed by atoms with Crippen molar-refractivity contribution in [1.82, 2.24) is 10.2 Å². The first-order valence-corrected chi connectivity index (χ1v) is 9.29. The van der Waals surface area contributed by atoms with Crippen LogP contribution in [-0.4, -0.2) is 47.4 Å². The Morgan fingerprint density at radius 3 is 2.39 bits per heavy atom. The third-order valence-corrected chi connectivity index (χ3v) is 5.29. The summed E-state index contributed by atoms with van der Waals surface area (Å²) in [7, 11) is 0. The largest absolute Gasteiger partial charge is 0.454 e. The van der Waals surface area contributed by atoms with Gasteiger partial charge in [-0.15, -0.1) is 0 Å². The molecule has 1 aliphatic carbocycles. The molecule has 1 aliphatic heterocycles. The van der Waals surface area contributed by atoms with E-state index in [2.05, 4.69) is 10.6 Å². The molecule has 1 saturated carbocycles. The fraction of sp³-hybridized carbons (Fsp3) is 0.500. The van der Waals surface area contributed by atoms with Crippen molar-refractivity contribution < 1.29 is 23.9 Å². The Labute approximate surface area is 163 Å². The molecule has 0 spiro atoms. The molecule has 2 aliphatic rings. The van der Waals surface area contributed by atoms with E-state index >= 15 is 0 Å². The number of hydrogen-bond acceptors (Lipinski definition) is 5. The Bertz CT molecular complexity index is 838. The second-order valence-electron chi connectivity index (χ2n) is 7.78. The topological polar surface area (TPSA) is 105 Å². The van der Waals surface area contributed by atoms with E-state index in [1.807, 2.05) is 32.9 Å². The summed E-state index contributed by atoms with van der Waals surface area (Å²) in [6.07, 6.45) is 1.75. The molecule has 8 heteroatoms. The molecule has 150 valence electrons. The first kappa shape index (κ1) is 19.9. The third kappa shape index (κ3) is 3.85. The Balaban J connectivity index is 1.53. The fourth-order valence-electron chi connectivity index (χ4n) is 3.67. The summed E-state index contributed by atoms with van der Waals surface area (Å²) in [6, 6.07) is 3.29. The average Bonchev–Trinajstić information content (AvgIpc) is 3.42. The molecule has 28 heavy (non-hydrogen) atoms. The Morgan fingerprint density at radius 2 is 1.82 bits per heavy atom. The lowest BCUT2D eigenvalue weighted by Crippen LogP contribution is -2.46. The molecule has 1 aromatic carbocycles. The minimum atomic E-state index is -0.949. The molecule has 0 unspecified atom stereocenters. The fourth-order valence-corrected chi connectivity index (χ4v) is 3.67. The zero-order valence-electron chi connectivity index (χ0n) is 16.5. The van der Waals surface area contributed by atoms with Gasteiger partial charge in [-0.3, -0.25) is 19.3 Å². The van der Waals surface area contributed by atoms with Crippen LogP contribution in [0.25, 0.3) is 0 Å². The van der Waals surface area contributed by atoms with Crippen LogP contribution in [0.1, 0.15) is 36.5 Å². The van der Waals surface area contributed by atoms with E-state index in [9.17, 15) is 19.2 Å². The number of esters is 1. The predicted molar refractivity (Wildman–Crippen MR) is 102 cm³/mol. The number of imide groups is 1. The van der Waals surface area contributed by atoms with Gasteiger partial charge in [0.25, 0.3) is 11.8 Å². The molecule has 3 rings (SSSR count). The van der Waals surface area contributed by atoms with Crippen LogP contribution in [0.4, 0.5) is 10.5 Å². The lowest BCUT2D eigenvalue weighted by molar-refractivity contribution is -0.150. The van der Waals surface area contributed by atoms with Crippen molar-refractivity contribution in [3.63, 3.8) is 0 Å². The predicted octanol–water partition coefficient (Wildman–Crippen LogP) is 1.81. The Morgan fingerprint density at radius 1 is 1.21 bits per heavy atom. The first-order chi connectivity index (χ1) is 13.1. The summed E-state index contributed by atoms with van der Waals surface area (Å²) in [5, 5.41) is 5.39. The minimum Gasteiger partial charge on any atom is -0.454 e. The molecule has 1 atom stereocenters. The van der Waals surface area contributed by atoms with Crippen LogP contribution in [0.3, 0.4) is 0 Å². The maximum Gasteiger partial charge on any atom is 0.326 e. The lowest BCUT2D eigenvalue weighted by atomic mass is 9.96. The van der Waals surface area contributed by atoms with Crippen LogP contribution in [0.15, 0.2) is 12.1 Å². The van der Waals surface area contributed by atoms with Crippen LogP contribution in [-0.2, 0) is 19.1 Å². The van der Waals surface area contributed by atoms with Crippen molar-refractivity contribution in [3.05, 3.63) is 28.8 Å².